The number of hydrogen-bond donors (Lipinski definition) is 1. The van der Waals surface area contributed by atoms with Gasteiger partial charge in [0, 0.05) is 17.3 Å². The minimum absolute atomic E-state index is 0.146. The van der Waals surface area contributed by atoms with Crippen LogP contribution in [0, 0.1) is 5.92 Å². The number of carbonyl (C=O) groups is 1. The second-order valence-electron chi connectivity index (χ2n) is 8.65. The molecular formula is C24H33N3O2. The van der Waals surface area contributed by atoms with E-state index in [1.54, 1.807) is 0 Å². The van der Waals surface area contributed by atoms with Gasteiger partial charge >= 0.3 is 6.09 Å². The maximum absolute atomic E-state index is 12.6. The van der Waals surface area contributed by atoms with Crippen molar-refractivity contribution in [2.24, 2.45) is 5.92 Å². The van der Waals surface area contributed by atoms with Gasteiger partial charge in [-0.25, -0.2) is 4.79 Å². The molecule has 0 unspecified atom stereocenters. The Balaban J connectivity index is 1.48. The molecule has 1 fully saturated rings. The first-order valence-corrected chi connectivity index (χ1v) is 11.3. The van der Waals surface area contributed by atoms with E-state index in [9.17, 15) is 4.79 Å². The predicted molar refractivity (Wildman–Crippen MR) is 114 cm³/mol. The third-order valence-corrected chi connectivity index (χ3v) is 6.54. The molecule has 0 aliphatic heterocycles. The van der Waals surface area contributed by atoms with Crippen LogP contribution in [0.4, 0.5) is 4.79 Å². The number of aromatic nitrogens is 2. The average Bonchev–Trinajstić information content (AvgIpc) is 2.91. The van der Waals surface area contributed by atoms with Crippen LogP contribution in [0.5, 0.6) is 5.88 Å². The summed E-state index contributed by atoms with van der Waals surface area (Å²) in [6.07, 6.45) is 11.3. The Kier molecular flexibility index (Phi) is 6.53. The number of benzene rings is 1. The molecule has 29 heavy (non-hydrogen) atoms. The lowest BCUT2D eigenvalue weighted by Gasteiger charge is -2.27. The van der Waals surface area contributed by atoms with Gasteiger partial charge in [-0.15, -0.1) is 5.10 Å². The van der Waals surface area contributed by atoms with Gasteiger partial charge in [0.1, 0.15) is 0 Å². The van der Waals surface area contributed by atoms with E-state index in [4.69, 9.17) is 9.84 Å². The minimum atomic E-state index is -0.362. The summed E-state index contributed by atoms with van der Waals surface area (Å²) in [7, 11) is 0. The van der Waals surface area contributed by atoms with Crippen LogP contribution in [0.25, 0.3) is 0 Å². The molecule has 0 saturated heterocycles. The maximum atomic E-state index is 12.6. The van der Waals surface area contributed by atoms with Crippen LogP contribution in [-0.4, -0.2) is 21.9 Å². The van der Waals surface area contributed by atoms with Gasteiger partial charge in [-0.3, -0.25) is 4.68 Å². The Morgan fingerprint density at radius 3 is 2.62 bits per heavy atom. The molecule has 1 heterocycles. The van der Waals surface area contributed by atoms with Crippen molar-refractivity contribution in [1.29, 1.82) is 0 Å². The van der Waals surface area contributed by atoms with Gasteiger partial charge in [0.05, 0.1) is 6.54 Å². The van der Waals surface area contributed by atoms with Crippen molar-refractivity contribution >= 4 is 6.09 Å². The molecule has 0 radical (unpaired) electrons. The van der Waals surface area contributed by atoms with Crippen molar-refractivity contribution in [3.05, 3.63) is 47.2 Å². The molecule has 1 aromatic heterocycles. The molecule has 2 aliphatic rings. The van der Waals surface area contributed by atoms with Crippen molar-refractivity contribution in [1.82, 2.24) is 15.1 Å². The highest BCUT2D eigenvalue weighted by atomic mass is 16.6. The second kappa shape index (κ2) is 9.47. The van der Waals surface area contributed by atoms with Crippen LogP contribution < -0.4 is 10.1 Å². The SMILES string of the molecule is C[C@H](NC(=O)Oc1nn(Cc2ccccc2)c2c1CCCCC2)C1CCCCC1. The van der Waals surface area contributed by atoms with Gasteiger partial charge in [-0.05, 0) is 56.9 Å². The number of amides is 1. The van der Waals surface area contributed by atoms with Gasteiger partial charge in [0.15, 0.2) is 0 Å². The van der Waals surface area contributed by atoms with E-state index in [0.717, 1.165) is 31.2 Å². The molecule has 5 heteroatoms. The lowest BCUT2D eigenvalue weighted by atomic mass is 9.85. The summed E-state index contributed by atoms with van der Waals surface area (Å²) in [6, 6.07) is 10.5. The molecule has 4 rings (SSSR count). The van der Waals surface area contributed by atoms with Gasteiger partial charge in [-0.2, -0.15) is 0 Å². The molecule has 2 aromatic rings. The summed E-state index contributed by atoms with van der Waals surface area (Å²) in [6.45, 7) is 2.82. The van der Waals surface area contributed by atoms with E-state index in [1.807, 2.05) is 10.7 Å². The fourth-order valence-corrected chi connectivity index (χ4v) is 4.84. The van der Waals surface area contributed by atoms with Crippen molar-refractivity contribution in [3.63, 3.8) is 0 Å². The fraction of sp³-hybridized carbons (Fsp3) is 0.583. The van der Waals surface area contributed by atoms with Crippen molar-refractivity contribution in [3.8, 4) is 5.88 Å². The Morgan fingerprint density at radius 1 is 1.10 bits per heavy atom. The number of hydrogen-bond acceptors (Lipinski definition) is 3. The molecule has 0 bridgehead atoms. The van der Waals surface area contributed by atoms with E-state index in [-0.39, 0.29) is 12.1 Å². The van der Waals surface area contributed by atoms with E-state index in [2.05, 4.69) is 36.5 Å². The molecule has 1 N–H and O–H groups in total. The minimum Gasteiger partial charge on any atom is -0.389 e. The predicted octanol–water partition coefficient (Wildman–Crippen LogP) is 5.26. The zero-order valence-corrected chi connectivity index (χ0v) is 17.5. The zero-order valence-electron chi connectivity index (χ0n) is 17.5. The number of nitrogens with zero attached hydrogens (tertiary/aromatic N) is 2. The molecule has 1 saturated carbocycles. The Hall–Kier alpha value is -2.30. The van der Waals surface area contributed by atoms with Crippen LogP contribution in [0.1, 0.15) is 75.1 Å². The highest BCUT2D eigenvalue weighted by Crippen LogP contribution is 2.30. The van der Waals surface area contributed by atoms with Gasteiger partial charge < -0.3 is 10.1 Å². The second-order valence-corrected chi connectivity index (χ2v) is 8.65. The van der Waals surface area contributed by atoms with E-state index in [0.29, 0.717) is 18.3 Å². The first-order valence-electron chi connectivity index (χ1n) is 11.3. The van der Waals surface area contributed by atoms with E-state index < -0.39 is 0 Å². The smallest absolute Gasteiger partial charge is 0.389 e. The third-order valence-electron chi connectivity index (χ3n) is 6.54. The summed E-state index contributed by atoms with van der Waals surface area (Å²) in [5.41, 5.74) is 3.57. The number of fused-ring (bicyclic) bond motifs is 1. The fourth-order valence-electron chi connectivity index (χ4n) is 4.84. The Labute approximate surface area is 173 Å². The molecule has 0 spiro atoms. The summed E-state index contributed by atoms with van der Waals surface area (Å²) in [5.74, 6) is 1.07. The molecular weight excluding hydrogens is 362 g/mol. The highest BCUT2D eigenvalue weighted by Gasteiger charge is 2.25. The van der Waals surface area contributed by atoms with E-state index in [1.165, 1.54) is 49.8 Å². The van der Waals surface area contributed by atoms with Crippen molar-refractivity contribution < 1.29 is 9.53 Å². The lowest BCUT2D eigenvalue weighted by molar-refractivity contribution is 0.184. The van der Waals surface area contributed by atoms with Gasteiger partial charge in [-0.1, -0.05) is 56.0 Å². The molecule has 1 aromatic carbocycles. The molecule has 1 amide bonds. The number of nitrogens with one attached hydrogen (secondary N) is 1. The average molecular weight is 396 g/mol. The molecule has 5 nitrogen and oxygen atoms in total. The van der Waals surface area contributed by atoms with Crippen LogP contribution in [0.2, 0.25) is 0 Å². The molecule has 2 aliphatic carbocycles. The largest absolute Gasteiger partial charge is 0.414 e. The van der Waals surface area contributed by atoms with Crippen molar-refractivity contribution in [2.75, 3.05) is 0 Å². The summed E-state index contributed by atoms with van der Waals surface area (Å²) in [4.78, 5) is 12.6. The quantitative estimate of drug-likeness (QED) is 0.703. The summed E-state index contributed by atoms with van der Waals surface area (Å²) >= 11 is 0. The van der Waals surface area contributed by atoms with Gasteiger partial charge in [0.2, 0.25) is 5.88 Å². The third kappa shape index (κ3) is 5.01. The van der Waals surface area contributed by atoms with Crippen LogP contribution >= 0.6 is 0 Å². The first kappa shape index (κ1) is 20.0. The van der Waals surface area contributed by atoms with Crippen molar-refractivity contribution in [2.45, 2.75) is 83.7 Å². The van der Waals surface area contributed by atoms with Crippen LogP contribution in [0.15, 0.2) is 30.3 Å². The zero-order chi connectivity index (χ0) is 20.1. The van der Waals surface area contributed by atoms with E-state index >= 15 is 0 Å². The molecule has 156 valence electrons. The van der Waals surface area contributed by atoms with Crippen LogP contribution in [-0.2, 0) is 19.4 Å². The normalized spacial score (nSPS) is 18.5. The topological polar surface area (TPSA) is 56.1 Å². The Morgan fingerprint density at radius 2 is 1.83 bits per heavy atom. The summed E-state index contributed by atoms with van der Waals surface area (Å²) < 4.78 is 7.81. The molecule has 1 atom stereocenters. The lowest BCUT2D eigenvalue weighted by Crippen LogP contribution is -2.40. The van der Waals surface area contributed by atoms with Gasteiger partial charge in [0.25, 0.3) is 0 Å². The first-order chi connectivity index (χ1) is 14.2. The van der Waals surface area contributed by atoms with Crippen LogP contribution in [0.3, 0.4) is 0 Å². The Bertz CT molecular complexity index is 809. The highest BCUT2D eigenvalue weighted by molar-refractivity contribution is 5.70. The number of ether oxygens (including phenoxy) is 1. The summed E-state index contributed by atoms with van der Waals surface area (Å²) in [5, 5.41) is 7.79. The maximum Gasteiger partial charge on any atom is 0.414 e. The number of rotatable bonds is 5. The number of carbonyl (C=O) groups excluding carboxylic acids is 1. The standard InChI is InChI=1S/C24H33N3O2/c1-18(20-13-7-3-8-14-20)25-24(28)29-23-21-15-9-4-10-16-22(21)27(26-23)17-19-11-5-2-6-12-19/h2,5-6,11-12,18,20H,3-4,7-10,13-17H2,1H3,(H,25,28)/t18-/m0/s1. The monoisotopic (exact) mass is 395 g/mol.